The second-order valence-corrected chi connectivity index (χ2v) is 6.77. The number of carboxylic acid groups (broad SMARTS) is 1. The summed E-state index contributed by atoms with van der Waals surface area (Å²) in [6, 6.07) is 10.9. The first-order chi connectivity index (χ1) is 13.0. The van der Waals surface area contributed by atoms with E-state index in [9.17, 15) is 14.7 Å². The number of aromatic nitrogens is 1. The van der Waals surface area contributed by atoms with Gasteiger partial charge in [-0.2, -0.15) is 0 Å². The number of ether oxygens (including phenoxy) is 1. The number of rotatable bonds is 8. The lowest BCUT2D eigenvalue weighted by atomic mass is 10.0. The predicted octanol–water partition coefficient (Wildman–Crippen LogP) is 3.16. The standard InChI is InChI=1S/C21H22N2O4/c1-14(13-22-2)27-12-10-15-3-5-16(6-4-15)20(24)19-8-7-18-17(21(25)26)9-11-23(18)19/h3-8,14,17H,9-13H2,1H3,(H,25,26)/t14?,17-/m0/s1. The molecule has 2 heterocycles. The van der Waals surface area contributed by atoms with Crippen LogP contribution in [0.15, 0.2) is 36.4 Å². The minimum atomic E-state index is -0.844. The van der Waals surface area contributed by atoms with E-state index in [1.807, 2.05) is 23.6 Å². The number of hydrogen-bond donors (Lipinski definition) is 1. The Morgan fingerprint density at radius 2 is 2.04 bits per heavy atom. The van der Waals surface area contributed by atoms with Crippen LogP contribution in [0.4, 0.5) is 0 Å². The lowest BCUT2D eigenvalue weighted by molar-refractivity contribution is -0.138. The third-order valence-corrected chi connectivity index (χ3v) is 4.90. The fraction of sp³-hybridized carbons (Fsp3) is 0.381. The molecule has 1 aliphatic heterocycles. The minimum absolute atomic E-state index is 0.0746. The molecule has 1 aliphatic rings. The summed E-state index contributed by atoms with van der Waals surface area (Å²) in [5.74, 6) is -1.47. The van der Waals surface area contributed by atoms with Crippen molar-refractivity contribution in [1.29, 1.82) is 0 Å². The van der Waals surface area contributed by atoms with E-state index in [1.54, 1.807) is 24.3 Å². The first-order valence-corrected chi connectivity index (χ1v) is 9.02. The second-order valence-electron chi connectivity index (χ2n) is 6.77. The van der Waals surface area contributed by atoms with Gasteiger partial charge in [-0.05, 0) is 37.5 Å². The third kappa shape index (κ3) is 4.09. The van der Waals surface area contributed by atoms with Crippen molar-refractivity contribution in [3.63, 3.8) is 0 Å². The van der Waals surface area contributed by atoms with Gasteiger partial charge in [0.1, 0.15) is 6.10 Å². The molecule has 3 rings (SSSR count). The van der Waals surface area contributed by atoms with Gasteiger partial charge in [0.05, 0.1) is 18.2 Å². The van der Waals surface area contributed by atoms with E-state index in [-0.39, 0.29) is 11.9 Å². The molecule has 6 nitrogen and oxygen atoms in total. The normalized spacial score (nSPS) is 16.5. The van der Waals surface area contributed by atoms with E-state index in [2.05, 4.69) is 4.85 Å². The Morgan fingerprint density at radius 3 is 2.70 bits per heavy atom. The van der Waals surface area contributed by atoms with Crippen molar-refractivity contribution in [3.05, 3.63) is 70.3 Å². The Hall–Kier alpha value is -2.91. The van der Waals surface area contributed by atoms with E-state index >= 15 is 0 Å². The van der Waals surface area contributed by atoms with Gasteiger partial charge in [0.15, 0.2) is 0 Å². The van der Waals surface area contributed by atoms with Gasteiger partial charge in [0.2, 0.25) is 12.3 Å². The topological polar surface area (TPSA) is 72.9 Å². The summed E-state index contributed by atoms with van der Waals surface area (Å²) in [6.07, 6.45) is 1.17. The Morgan fingerprint density at radius 1 is 1.30 bits per heavy atom. The smallest absolute Gasteiger partial charge is 0.312 e. The molecule has 0 saturated heterocycles. The number of carbonyl (C=O) groups is 2. The molecule has 140 valence electrons. The van der Waals surface area contributed by atoms with Gasteiger partial charge in [0, 0.05) is 17.8 Å². The largest absolute Gasteiger partial charge is 0.481 e. The highest BCUT2D eigenvalue weighted by Gasteiger charge is 2.31. The van der Waals surface area contributed by atoms with Crippen LogP contribution in [0.2, 0.25) is 0 Å². The van der Waals surface area contributed by atoms with Crippen molar-refractivity contribution in [3.8, 4) is 0 Å². The maximum atomic E-state index is 12.8. The Bertz CT molecular complexity index is 877. The molecule has 1 unspecified atom stereocenters. The first-order valence-electron chi connectivity index (χ1n) is 9.02. The molecule has 0 bridgehead atoms. The van der Waals surface area contributed by atoms with Crippen LogP contribution < -0.4 is 0 Å². The Balaban J connectivity index is 1.65. The van der Waals surface area contributed by atoms with E-state index in [4.69, 9.17) is 11.3 Å². The Labute approximate surface area is 158 Å². The zero-order chi connectivity index (χ0) is 19.4. The van der Waals surface area contributed by atoms with E-state index in [0.717, 1.165) is 12.0 Å². The zero-order valence-electron chi connectivity index (χ0n) is 15.2. The summed E-state index contributed by atoms with van der Waals surface area (Å²) in [5, 5.41) is 9.27. The summed E-state index contributed by atoms with van der Waals surface area (Å²) < 4.78 is 7.39. The zero-order valence-corrected chi connectivity index (χ0v) is 15.2. The summed E-state index contributed by atoms with van der Waals surface area (Å²) >= 11 is 0. The van der Waals surface area contributed by atoms with E-state index in [1.165, 1.54) is 0 Å². The van der Waals surface area contributed by atoms with Crippen molar-refractivity contribution in [1.82, 2.24) is 4.57 Å². The molecule has 27 heavy (non-hydrogen) atoms. The molecule has 2 atom stereocenters. The van der Waals surface area contributed by atoms with Crippen molar-refractivity contribution in [2.45, 2.75) is 38.3 Å². The number of hydrogen-bond acceptors (Lipinski definition) is 3. The molecule has 0 amide bonds. The van der Waals surface area contributed by atoms with Crippen LogP contribution in [-0.2, 0) is 22.5 Å². The lowest BCUT2D eigenvalue weighted by Crippen LogP contribution is -2.13. The number of ketones is 1. The van der Waals surface area contributed by atoms with E-state index < -0.39 is 11.9 Å². The van der Waals surface area contributed by atoms with Crippen LogP contribution in [0.1, 0.15) is 46.6 Å². The van der Waals surface area contributed by atoms with Crippen LogP contribution in [0.25, 0.3) is 4.85 Å². The quantitative estimate of drug-likeness (QED) is 0.575. The van der Waals surface area contributed by atoms with E-state index in [0.29, 0.717) is 43.1 Å². The molecule has 6 heteroatoms. The van der Waals surface area contributed by atoms with Crippen LogP contribution in [-0.4, -0.2) is 40.7 Å². The fourth-order valence-electron chi connectivity index (χ4n) is 3.42. The number of nitrogens with zero attached hydrogens (tertiary/aromatic N) is 2. The number of aliphatic carboxylic acids is 1. The van der Waals surface area contributed by atoms with Gasteiger partial charge in [-0.3, -0.25) is 9.59 Å². The van der Waals surface area contributed by atoms with Crippen LogP contribution in [0, 0.1) is 6.57 Å². The van der Waals surface area contributed by atoms with Crippen LogP contribution >= 0.6 is 0 Å². The van der Waals surface area contributed by atoms with Crippen molar-refractivity contribution < 1.29 is 19.4 Å². The van der Waals surface area contributed by atoms with Gasteiger partial charge in [-0.25, -0.2) is 6.57 Å². The van der Waals surface area contributed by atoms with Gasteiger partial charge in [0.25, 0.3) is 0 Å². The maximum absolute atomic E-state index is 12.8. The highest BCUT2D eigenvalue weighted by atomic mass is 16.5. The SMILES string of the molecule is [C-]#[N+]CC(C)OCCc1ccc(C(=O)c2ccc3n2CC[C@@H]3C(=O)O)cc1. The van der Waals surface area contributed by atoms with Gasteiger partial charge in [-0.1, -0.05) is 24.3 Å². The van der Waals surface area contributed by atoms with Crippen molar-refractivity contribution in [2.24, 2.45) is 0 Å². The molecule has 1 aromatic heterocycles. The molecular formula is C21H22N2O4. The summed E-state index contributed by atoms with van der Waals surface area (Å²) in [7, 11) is 0. The lowest BCUT2D eigenvalue weighted by Gasteiger charge is -2.09. The van der Waals surface area contributed by atoms with Gasteiger partial charge in [-0.15, -0.1) is 0 Å². The number of fused-ring (bicyclic) bond motifs is 1. The average molecular weight is 366 g/mol. The highest BCUT2D eigenvalue weighted by molar-refractivity contribution is 6.08. The average Bonchev–Trinajstić information content (AvgIpc) is 3.23. The van der Waals surface area contributed by atoms with Gasteiger partial charge < -0.3 is 19.3 Å². The molecule has 0 radical (unpaired) electrons. The fourth-order valence-corrected chi connectivity index (χ4v) is 3.42. The molecular weight excluding hydrogens is 344 g/mol. The van der Waals surface area contributed by atoms with Crippen LogP contribution in [0.5, 0.6) is 0 Å². The first kappa shape index (κ1) is 18.9. The number of benzene rings is 1. The molecule has 1 aromatic carbocycles. The number of carbonyl (C=O) groups excluding carboxylic acids is 1. The Kier molecular flexibility index (Phi) is 5.72. The monoisotopic (exact) mass is 366 g/mol. The van der Waals surface area contributed by atoms with Crippen molar-refractivity contribution in [2.75, 3.05) is 13.2 Å². The third-order valence-electron chi connectivity index (χ3n) is 4.90. The van der Waals surface area contributed by atoms with Gasteiger partial charge >= 0.3 is 5.97 Å². The molecule has 0 fully saturated rings. The minimum Gasteiger partial charge on any atom is -0.481 e. The predicted molar refractivity (Wildman–Crippen MR) is 99.9 cm³/mol. The molecule has 0 spiro atoms. The molecule has 1 N–H and O–H groups in total. The molecule has 2 aromatic rings. The highest BCUT2D eigenvalue weighted by Crippen LogP contribution is 2.31. The number of carboxylic acids is 1. The second kappa shape index (κ2) is 8.19. The molecule has 0 aliphatic carbocycles. The molecule has 0 saturated carbocycles. The maximum Gasteiger partial charge on any atom is 0.312 e. The summed E-state index contributed by atoms with van der Waals surface area (Å²) in [6.45, 7) is 10.1. The summed E-state index contributed by atoms with van der Waals surface area (Å²) in [5.41, 5.74) is 2.89. The van der Waals surface area contributed by atoms with Crippen LogP contribution in [0.3, 0.4) is 0 Å². The summed E-state index contributed by atoms with van der Waals surface area (Å²) in [4.78, 5) is 27.4. The van der Waals surface area contributed by atoms with Crippen molar-refractivity contribution >= 4 is 11.8 Å².